The molecule has 5 N–H and O–H groups in total. The Morgan fingerprint density at radius 1 is 0.811 bits per heavy atom. The fourth-order valence-electron chi connectivity index (χ4n) is 6.08. The van der Waals surface area contributed by atoms with Crippen LogP contribution in [0.2, 0.25) is 0 Å². The molecule has 12 heteroatoms. The zero-order valence-electron chi connectivity index (χ0n) is 30.6. The number of hydrogen-bond acceptors (Lipinski definition) is 7. The summed E-state index contributed by atoms with van der Waals surface area (Å²) < 4.78 is 29.1. The summed E-state index contributed by atoms with van der Waals surface area (Å²) in [6, 6.07) is 29.4. The second-order valence-corrected chi connectivity index (χ2v) is 15.0. The number of aromatic nitrogens is 2. The molecule has 5 rings (SSSR count). The van der Waals surface area contributed by atoms with Gasteiger partial charge in [-0.2, -0.15) is 0 Å². The second kappa shape index (κ2) is 18.1. The van der Waals surface area contributed by atoms with Crippen LogP contribution >= 0.6 is 0 Å². The highest BCUT2D eigenvalue weighted by atomic mass is 32.2. The quantitative estimate of drug-likeness (QED) is 0.0917. The van der Waals surface area contributed by atoms with Crippen molar-refractivity contribution in [2.24, 2.45) is 0 Å². The van der Waals surface area contributed by atoms with Crippen molar-refractivity contribution in [3.63, 3.8) is 0 Å². The van der Waals surface area contributed by atoms with Crippen molar-refractivity contribution in [1.82, 2.24) is 30.2 Å². The number of amides is 2. The van der Waals surface area contributed by atoms with Crippen LogP contribution in [-0.4, -0.2) is 54.0 Å². The van der Waals surface area contributed by atoms with Gasteiger partial charge in [0, 0.05) is 60.9 Å². The summed E-state index contributed by atoms with van der Waals surface area (Å²) in [6.07, 6.45) is 2.00. The Hall–Kier alpha value is -5.14. The standard InChI is InChI=1S/C41H48N6O5S/c1-5-46-53(51,52)37-11-7-10-34(22-37)25-45-41(50)35-16-14-31(15-17-35)24-44-40(49)23-33-9-6-8-32(21-33)20-28(2)42-27-38(48)36-18-19-39(43-26-36)47-29(3)12-13-30(47)4/h6-19,21-22,26,28,38,42,46,48H,5,20,23-25,27H2,1-4H3,(H,44,49)(H,45,50). The molecule has 0 spiro atoms. The van der Waals surface area contributed by atoms with Crippen molar-refractivity contribution in [3.8, 4) is 5.82 Å². The van der Waals surface area contributed by atoms with Crippen molar-refractivity contribution in [2.45, 2.75) is 70.7 Å². The number of aliphatic hydroxyl groups is 1. The number of nitrogens with zero attached hydrogens (tertiary/aromatic N) is 2. The van der Waals surface area contributed by atoms with Gasteiger partial charge in [0.15, 0.2) is 0 Å². The van der Waals surface area contributed by atoms with Gasteiger partial charge in [-0.05, 0) is 91.9 Å². The SMILES string of the molecule is CCNS(=O)(=O)c1cccc(CNC(=O)c2ccc(CNC(=O)Cc3cccc(CC(C)NCC(O)c4ccc(-n5c(C)ccc5C)nc4)c3)cc2)c1. The molecule has 0 aliphatic rings. The molecule has 0 fully saturated rings. The van der Waals surface area contributed by atoms with Gasteiger partial charge in [-0.1, -0.05) is 61.5 Å². The Morgan fingerprint density at radius 3 is 2.19 bits per heavy atom. The topological polar surface area (TPSA) is 154 Å². The van der Waals surface area contributed by atoms with Gasteiger partial charge in [-0.3, -0.25) is 9.59 Å². The number of carbonyl (C=O) groups excluding carboxylic acids is 2. The molecule has 2 unspecified atom stereocenters. The van der Waals surface area contributed by atoms with Gasteiger partial charge in [-0.15, -0.1) is 0 Å². The summed E-state index contributed by atoms with van der Waals surface area (Å²) in [5.41, 5.74) is 6.93. The molecule has 0 aliphatic carbocycles. The van der Waals surface area contributed by atoms with Crippen LogP contribution in [0, 0.1) is 13.8 Å². The van der Waals surface area contributed by atoms with Crippen LogP contribution in [0.15, 0.2) is 108 Å². The van der Waals surface area contributed by atoms with Crippen LogP contribution in [0.4, 0.5) is 0 Å². The Kier molecular flexibility index (Phi) is 13.3. The zero-order valence-corrected chi connectivity index (χ0v) is 31.4. The molecule has 278 valence electrons. The van der Waals surface area contributed by atoms with E-state index in [0.717, 1.165) is 45.9 Å². The van der Waals surface area contributed by atoms with Crippen LogP contribution in [0.3, 0.4) is 0 Å². The van der Waals surface area contributed by atoms with Crippen molar-refractivity contribution in [2.75, 3.05) is 13.1 Å². The van der Waals surface area contributed by atoms with Crippen molar-refractivity contribution in [1.29, 1.82) is 0 Å². The van der Waals surface area contributed by atoms with Crippen LogP contribution in [0.5, 0.6) is 0 Å². The fourth-order valence-corrected chi connectivity index (χ4v) is 7.19. The third-order valence-corrected chi connectivity index (χ3v) is 10.5. The number of benzene rings is 3. The lowest BCUT2D eigenvalue weighted by Gasteiger charge is -2.18. The number of aliphatic hydroxyl groups excluding tert-OH is 1. The molecular formula is C41H48N6O5S. The van der Waals surface area contributed by atoms with E-state index >= 15 is 0 Å². The molecule has 0 saturated heterocycles. The molecular weight excluding hydrogens is 689 g/mol. The van der Waals surface area contributed by atoms with Gasteiger partial charge in [0.25, 0.3) is 5.91 Å². The minimum absolute atomic E-state index is 0.0919. The fraction of sp³-hybridized carbons (Fsp3) is 0.293. The van der Waals surface area contributed by atoms with Gasteiger partial charge in [0.2, 0.25) is 15.9 Å². The number of pyridine rings is 1. The van der Waals surface area contributed by atoms with Crippen molar-refractivity contribution < 1.29 is 23.1 Å². The first-order valence-corrected chi connectivity index (χ1v) is 19.2. The predicted molar refractivity (Wildman–Crippen MR) is 206 cm³/mol. The first-order valence-electron chi connectivity index (χ1n) is 17.7. The largest absolute Gasteiger partial charge is 0.387 e. The van der Waals surface area contributed by atoms with Crippen LogP contribution in [0.1, 0.15) is 69.5 Å². The van der Waals surface area contributed by atoms with Gasteiger partial charge >= 0.3 is 0 Å². The number of carbonyl (C=O) groups is 2. The van der Waals surface area contributed by atoms with E-state index < -0.39 is 16.1 Å². The van der Waals surface area contributed by atoms with E-state index in [-0.39, 0.29) is 42.3 Å². The number of sulfonamides is 1. The summed E-state index contributed by atoms with van der Waals surface area (Å²) >= 11 is 0. The van der Waals surface area contributed by atoms with Crippen LogP contribution in [0.25, 0.3) is 5.82 Å². The first kappa shape index (κ1) is 39.1. The van der Waals surface area contributed by atoms with E-state index in [4.69, 9.17) is 0 Å². The zero-order chi connectivity index (χ0) is 38.0. The maximum absolute atomic E-state index is 12.8. The summed E-state index contributed by atoms with van der Waals surface area (Å²) in [4.78, 5) is 30.3. The number of aryl methyl sites for hydroxylation is 2. The van der Waals surface area contributed by atoms with E-state index in [9.17, 15) is 23.1 Å². The van der Waals surface area contributed by atoms with E-state index in [1.54, 1.807) is 49.5 Å². The van der Waals surface area contributed by atoms with E-state index in [1.807, 2.05) is 50.2 Å². The molecule has 0 saturated carbocycles. The van der Waals surface area contributed by atoms with Crippen molar-refractivity contribution in [3.05, 3.63) is 148 Å². The molecule has 53 heavy (non-hydrogen) atoms. The van der Waals surface area contributed by atoms with Gasteiger partial charge in [-0.25, -0.2) is 18.1 Å². The molecule has 11 nitrogen and oxygen atoms in total. The third-order valence-electron chi connectivity index (χ3n) is 8.92. The van der Waals surface area contributed by atoms with Gasteiger partial charge < -0.3 is 25.6 Å². The molecule has 2 aromatic heterocycles. The average Bonchev–Trinajstić information content (AvgIpc) is 3.49. The first-order chi connectivity index (χ1) is 25.4. The maximum atomic E-state index is 12.8. The molecule has 2 atom stereocenters. The molecule has 0 radical (unpaired) electrons. The molecule has 2 amide bonds. The second-order valence-electron chi connectivity index (χ2n) is 13.2. The van der Waals surface area contributed by atoms with Gasteiger partial charge in [0.05, 0.1) is 17.4 Å². The van der Waals surface area contributed by atoms with Crippen LogP contribution < -0.4 is 20.7 Å². The maximum Gasteiger partial charge on any atom is 0.251 e. The monoisotopic (exact) mass is 736 g/mol. The molecule has 0 aliphatic heterocycles. The Morgan fingerprint density at radius 2 is 1.49 bits per heavy atom. The van der Waals surface area contributed by atoms with Crippen LogP contribution in [-0.2, 0) is 40.7 Å². The average molecular weight is 737 g/mol. The Labute approximate surface area is 311 Å². The summed E-state index contributed by atoms with van der Waals surface area (Å²) in [5.74, 6) is 0.423. The molecule has 0 bridgehead atoms. The summed E-state index contributed by atoms with van der Waals surface area (Å²) in [7, 11) is -3.59. The van der Waals surface area contributed by atoms with E-state index in [2.05, 4.69) is 49.3 Å². The lowest BCUT2D eigenvalue weighted by molar-refractivity contribution is -0.120. The number of nitrogens with one attached hydrogen (secondary N) is 4. The highest BCUT2D eigenvalue weighted by Crippen LogP contribution is 2.18. The van der Waals surface area contributed by atoms with E-state index in [0.29, 0.717) is 24.2 Å². The number of hydrogen-bond donors (Lipinski definition) is 5. The minimum atomic E-state index is -3.59. The summed E-state index contributed by atoms with van der Waals surface area (Å²) in [6.45, 7) is 9.03. The number of rotatable bonds is 17. The highest BCUT2D eigenvalue weighted by Gasteiger charge is 2.15. The lowest BCUT2D eigenvalue weighted by Crippen LogP contribution is -2.32. The third kappa shape index (κ3) is 10.9. The minimum Gasteiger partial charge on any atom is -0.387 e. The summed E-state index contributed by atoms with van der Waals surface area (Å²) in [5, 5.41) is 20.0. The Balaban J connectivity index is 1.04. The smallest absolute Gasteiger partial charge is 0.251 e. The normalized spacial score (nSPS) is 12.6. The van der Waals surface area contributed by atoms with E-state index in [1.165, 1.54) is 12.1 Å². The van der Waals surface area contributed by atoms with Gasteiger partial charge in [0.1, 0.15) is 5.82 Å². The van der Waals surface area contributed by atoms with Crippen molar-refractivity contribution >= 4 is 21.8 Å². The molecule has 5 aromatic rings. The molecule has 2 heterocycles. The predicted octanol–water partition coefficient (Wildman–Crippen LogP) is 4.83. The lowest BCUT2D eigenvalue weighted by atomic mass is 10.0. The molecule has 3 aromatic carbocycles. The Bertz CT molecular complexity index is 2090. The highest BCUT2D eigenvalue weighted by molar-refractivity contribution is 7.89.